The van der Waals surface area contributed by atoms with Crippen molar-refractivity contribution in [1.29, 1.82) is 0 Å². The first-order valence-electron chi connectivity index (χ1n) is 6.32. The predicted molar refractivity (Wildman–Crippen MR) is 74.1 cm³/mol. The summed E-state index contributed by atoms with van der Waals surface area (Å²) in [5.41, 5.74) is 3.53. The number of ether oxygens (including phenoxy) is 1. The third-order valence-corrected chi connectivity index (χ3v) is 4.75. The Kier molecular flexibility index (Phi) is 4.57. The van der Waals surface area contributed by atoms with E-state index in [1.54, 1.807) is 6.92 Å². The topological polar surface area (TPSA) is 67.4 Å². The summed E-state index contributed by atoms with van der Waals surface area (Å²) in [5, 5.41) is 3.27. The van der Waals surface area contributed by atoms with E-state index in [-0.39, 0.29) is 11.9 Å². The number of fused-ring (bicyclic) bond motifs is 1. The Labute approximate surface area is 114 Å². The Morgan fingerprint density at radius 3 is 2.84 bits per heavy atom. The molecule has 1 aromatic carbocycles. The predicted octanol–water partition coefficient (Wildman–Crippen LogP) is 0.744. The van der Waals surface area contributed by atoms with E-state index in [9.17, 15) is 8.42 Å². The zero-order valence-electron chi connectivity index (χ0n) is 11.3. The minimum Gasteiger partial charge on any atom is -0.381 e. The van der Waals surface area contributed by atoms with Crippen LogP contribution in [0.3, 0.4) is 0 Å². The molecule has 1 aliphatic rings. The molecule has 1 aromatic rings. The van der Waals surface area contributed by atoms with Gasteiger partial charge in [-0.3, -0.25) is 0 Å². The number of benzene rings is 1. The summed E-state index contributed by atoms with van der Waals surface area (Å²) >= 11 is 0. The molecule has 0 saturated carbocycles. The van der Waals surface area contributed by atoms with E-state index in [0.29, 0.717) is 6.54 Å². The fourth-order valence-corrected chi connectivity index (χ4v) is 3.35. The van der Waals surface area contributed by atoms with Crippen LogP contribution in [0.4, 0.5) is 0 Å². The molecular weight excluding hydrogens is 264 g/mol. The number of sulfonamides is 1. The first kappa shape index (κ1) is 14.5. The highest BCUT2D eigenvalue weighted by Crippen LogP contribution is 2.17. The smallest absolute Gasteiger partial charge is 0.214 e. The summed E-state index contributed by atoms with van der Waals surface area (Å²) in [6, 6.07) is 6.07. The van der Waals surface area contributed by atoms with Crippen molar-refractivity contribution in [2.24, 2.45) is 0 Å². The van der Waals surface area contributed by atoms with Crippen LogP contribution in [0.2, 0.25) is 0 Å². The molecule has 2 N–H and O–H groups in total. The number of rotatable bonds is 6. The highest BCUT2D eigenvalue weighted by Gasteiger charge is 2.15. The number of hydrogen-bond acceptors (Lipinski definition) is 4. The van der Waals surface area contributed by atoms with Gasteiger partial charge < -0.3 is 10.1 Å². The average Bonchev–Trinajstić information content (AvgIpc) is 2.83. The van der Waals surface area contributed by atoms with Gasteiger partial charge in [-0.15, -0.1) is 0 Å². The summed E-state index contributed by atoms with van der Waals surface area (Å²) in [6.45, 7) is 3.82. The van der Waals surface area contributed by atoms with Gasteiger partial charge in [-0.1, -0.05) is 18.2 Å². The van der Waals surface area contributed by atoms with Gasteiger partial charge in [-0.25, -0.2) is 13.1 Å². The summed E-state index contributed by atoms with van der Waals surface area (Å²) in [6.07, 6.45) is -0.304. The molecule has 1 heterocycles. The zero-order valence-corrected chi connectivity index (χ0v) is 12.1. The second kappa shape index (κ2) is 6.00. The highest BCUT2D eigenvalue weighted by atomic mass is 32.2. The van der Waals surface area contributed by atoms with E-state index >= 15 is 0 Å². The van der Waals surface area contributed by atoms with Gasteiger partial charge in [0.05, 0.1) is 11.9 Å². The van der Waals surface area contributed by atoms with Gasteiger partial charge in [-0.2, -0.15) is 0 Å². The first-order valence-corrected chi connectivity index (χ1v) is 7.97. The molecule has 0 spiro atoms. The normalized spacial score (nSPS) is 16.3. The summed E-state index contributed by atoms with van der Waals surface area (Å²) in [7, 11) is -1.79. The number of hydrogen-bond donors (Lipinski definition) is 2. The van der Waals surface area contributed by atoms with Gasteiger partial charge in [0.15, 0.2) is 0 Å². The van der Waals surface area contributed by atoms with Crippen LogP contribution in [0.1, 0.15) is 23.6 Å². The van der Waals surface area contributed by atoms with Crippen LogP contribution in [-0.2, 0) is 34.4 Å². The van der Waals surface area contributed by atoms with Crippen LogP contribution < -0.4 is 10.0 Å². The second-order valence-electron chi connectivity index (χ2n) is 4.86. The van der Waals surface area contributed by atoms with Crippen molar-refractivity contribution in [1.82, 2.24) is 10.0 Å². The lowest BCUT2D eigenvalue weighted by Crippen LogP contribution is -2.31. The fraction of sp³-hybridized carbons (Fsp3) is 0.538. The molecule has 0 radical (unpaired) electrons. The average molecular weight is 284 g/mol. The van der Waals surface area contributed by atoms with Crippen molar-refractivity contribution in [3.05, 3.63) is 34.9 Å². The van der Waals surface area contributed by atoms with Crippen LogP contribution in [0.15, 0.2) is 18.2 Å². The van der Waals surface area contributed by atoms with Crippen LogP contribution >= 0.6 is 0 Å². The molecule has 1 atom stereocenters. The Bertz CT molecular complexity index is 543. The van der Waals surface area contributed by atoms with E-state index in [2.05, 4.69) is 22.2 Å². The molecule has 0 bridgehead atoms. The maximum absolute atomic E-state index is 11.8. The zero-order chi connectivity index (χ0) is 13.9. The van der Waals surface area contributed by atoms with E-state index in [4.69, 9.17) is 4.74 Å². The third kappa shape index (κ3) is 4.01. The summed E-state index contributed by atoms with van der Waals surface area (Å²) in [5.74, 6) is -0.0179. The molecular formula is C13H20N2O3S. The van der Waals surface area contributed by atoms with Crippen molar-refractivity contribution in [3.63, 3.8) is 0 Å². The molecule has 6 heteroatoms. The van der Waals surface area contributed by atoms with Gasteiger partial charge in [0.1, 0.15) is 0 Å². The van der Waals surface area contributed by atoms with Gasteiger partial charge in [0.25, 0.3) is 0 Å². The lowest BCUT2D eigenvalue weighted by molar-refractivity contribution is 0.136. The maximum atomic E-state index is 11.8. The molecule has 0 aromatic heterocycles. The van der Waals surface area contributed by atoms with E-state index in [1.807, 2.05) is 6.07 Å². The molecule has 2 rings (SSSR count). The Morgan fingerprint density at radius 2 is 2.11 bits per heavy atom. The van der Waals surface area contributed by atoms with Gasteiger partial charge in [-0.05, 0) is 23.6 Å². The SMILES string of the molecule is COC(C)CS(=O)(=O)NCc1ccc2c(c1)CNC2. The van der Waals surface area contributed by atoms with E-state index in [0.717, 1.165) is 18.7 Å². The summed E-state index contributed by atoms with van der Waals surface area (Å²) in [4.78, 5) is 0. The van der Waals surface area contributed by atoms with Crippen LogP contribution in [0.5, 0.6) is 0 Å². The van der Waals surface area contributed by atoms with Crippen molar-refractivity contribution >= 4 is 10.0 Å². The maximum Gasteiger partial charge on any atom is 0.214 e. The minimum absolute atomic E-state index is 0.0179. The number of nitrogens with one attached hydrogen (secondary N) is 2. The highest BCUT2D eigenvalue weighted by molar-refractivity contribution is 7.89. The lowest BCUT2D eigenvalue weighted by atomic mass is 10.1. The molecule has 0 saturated heterocycles. The van der Waals surface area contributed by atoms with Gasteiger partial charge in [0.2, 0.25) is 10.0 Å². The first-order chi connectivity index (χ1) is 9.00. The molecule has 0 aliphatic carbocycles. The molecule has 1 aliphatic heterocycles. The van der Waals surface area contributed by atoms with E-state index in [1.165, 1.54) is 18.2 Å². The molecule has 0 amide bonds. The van der Waals surface area contributed by atoms with Crippen LogP contribution in [-0.4, -0.2) is 27.4 Å². The molecule has 5 nitrogen and oxygen atoms in total. The monoisotopic (exact) mass is 284 g/mol. The van der Waals surface area contributed by atoms with Crippen molar-refractivity contribution in [3.8, 4) is 0 Å². The second-order valence-corrected chi connectivity index (χ2v) is 6.71. The van der Waals surface area contributed by atoms with Crippen LogP contribution in [0.25, 0.3) is 0 Å². The van der Waals surface area contributed by atoms with E-state index < -0.39 is 10.0 Å². The standard InChI is InChI=1S/C13H20N2O3S/c1-10(18-2)9-19(16,17)15-6-11-3-4-12-7-14-8-13(12)5-11/h3-5,10,14-15H,6-9H2,1-2H3. The van der Waals surface area contributed by atoms with Crippen molar-refractivity contribution in [2.75, 3.05) is 12.9 Å². The Morgan fingerprint density at radius 1 is 1.37 bits per heavy atom. The molecule has 106 valence electrons. The number of methoxy groups -OCH3 is 1. The quantitative estimate of drug-likeness (QED) is 0.809. The van der Waals surface area contributed by atoms with Gasteiger partial charge in [0, 0.05) is 26.7 Å². The summed E-state index contributed by atoms with van der Waals surface area (Å²) < 4.78 is 31.2. The molecule has 0 fully saturated rings. The molecule has 1 unspecified atom stereocenters. The third-order valence-electron chi connectivity index (χ3n) is 3.25. The Balaban J connectivity index is 1.95. The van der Waals surface area contributed by atoms with Crippen LogP contribution in [0, 0.1) is 0 Å². The van der Waals surface area contributed by atoms with Crippen molar-refractivity contribution in [2.45, 2.75) is 32.7 Å². The fourth-order valence-electron chi connectivity index (χ4n) is 2.09. The minimum atomic E-state index is -3.30. The van der Waals surface area contributed by atoms with Gasteiger partial charge >= 0.3 is 0 Å². The van der Waals surface area contributed by atoms with Crippen molar-refractivity contribution < 1.29 is 13.2 Å². The lowest BCUT2D eigenvalue weighted by Gasteiger charge is -2.11. The molecule has 19 heavy (non-hydrogen) atoms. The largest absolute Gasteiger partial charge is 0.381 e. The Hall–Kier alpha value is -0.950.